The first kappa shape index (κ1) is 27.4. The van der Waals surface area contributed by atoms with Crippen molar-refractivity contribution in [3.63, 3.8) is 0 Å². The number of anilines is 2. The Morgan fingerprint density at radius 2 is 1.79 bits per heavy atom. The van der Waals surface area contributed by atoms with Crippen molar-refractivity contribution < 1.29 is 4.74 Å². The molecule has 38 heavy (non-hydrogen) atoms. The minimum Gasteiger partial charge on any atom is -0.496 e. The third kappa shape index (κ3) is 5.44. The van der Waals surface area contributed by atoms with Crippen LogP contribution in [0.2, 0.25) is 0 Å². The van der Waals surface area contributed by atoms with Gasteiger partial charge in [-0.05, 0) is 68.7 Å². The van der Waals surface area contributed by atoms with Gasteiger partial charge in [0.05, 0.1) is 24.1 Å². The van der Waals surface area contributed by atoms with Crippen LogP contribution in [0.4, 0.5) is 17.1 Å². The van der Waals surface area contributed by atoms with Gasteiger partial charge in [0.2, 0.25) is 5.82 Å². The second-order valence-corrected chi connectivity index (χ2v) is 11.2. The fraction of sp³-hybridized carbons (Fsp3) is 0.467. The largest absolute Gasteiger partial charge is 0.496 e. The normalized spacial score (nSPS) is 14.2. The second-order valence-electron chi connectivity index (χ2n) is 11.2. The van der Waals surface area contributed by atoms with E-state index < -0.39 is 0 Å². The minimum absolute atomic E-state index is 0.239. The summed E-state index contributed by atoms with van der Waals surface area (Å²) in [7, 11) is 1.66. The highest BCUT2D eigenvalue weighted by Crippen LogP contribution is 2.36. The molecule has 2 aromatic carbocycles. The molecule has 202 valence electrons. The van der Waals surface area contributed by atoms with Crippen LogP contribution in [0.1, 0.15) is 59.9 Å². The molecule has 0 amide bonds. The van der Waals surface area contributed by atoms with Crippen LogP contribution >= 0.6 is 0 Å². The monoisotopic (exact) mass is 515 g/mol. The van der Waals surface area contributed by atoms with Crippen LogP contribution in [0.5, 0.6) is 5.75 Å². The van der Waals surface area contributed by atoms with Gasteiger partial charge in [-0.25, -0.2) is 4.99 Å². The van der Waals surface area contributed by atoms with Gasteiger partial charge in [-0.1, -0.05) is 34.6 Å². The molecule has 0 atom stereocenters. The van der Waals surface area contributed by atoms with Gasteiger partial charge >= 0.3 is 0 Å². The molecule has 0 fully saturated rings. The molecule has 8 nitrogen and oxygen atoms in total. The van der Waals surface area contributed by atoms with Crippen LogP contribution in [0.3, 0.4) is 0 Å². The lowest BCUT2D eigenvalue weighted by atomic mass is 9.87. The molecule has 0 bridgehead atoms. The number of nitrogens with zero attached hydrogens (tertiary/aromatic N) is 6. The number of methoxy groups -OCH3 is 1. The number of nitrogens with one attached hydrogen (secondary N) is 1. The Labute approximate surface area is 226 Å². The number of aromatic nitrogens is 3. The summed E-state index contributed by atoms with van der Waals surface area (Å²) in [6, 6.07) is 12.5. The molecular formula is C30H41N7O. The summed E-state index contributed by atoms with van der Waals surface area (Å²) >= 11 is 0. The van der Waals surface area contributed by atoms with Crippen molar-refractivity contribution in [1.29, 1.82) is 0 Å². The van der Waals surface area contributed by atoms with Gasteiger partial charge in [-0.3, -0.25) is 0 Å². The van der Waals surface area contributed by atoms with E-state index in [9.17, 15) is 0 Å². The van der Waals surface area contributed by atoms with Gasteiger partial charge in [0.25, 0.3) is 0 Å². The molecule has 1 N–H and O–H groups in total. The van der Waals surface area contributed by atoms with E-state index in [0.29, 0.717) is 23.3 Å². The van der Waals surface area contributed by atoms with E-state index in [1.54, 1.807) is 11.8 Å². The van der Waals surface area contributed by atoms with Gasteiger partial charge in [-0.15, -0.1) is 10.2 Å². The molecule has 2 heterocycles. The Balaban J connectivity index is 1.80. The lowest BCUT2D eigenvalue weighted by Crippen LogP contribution is -2.27. The van der Waals surface area contributed by atoms with E-state index in [-0.39, 0.29) is 5.41 Å². The third-order valence-electron chi connectivity index (χ3n) is 6.55. The van der Waals surface area contributed by atoms with Gasteiger partial charge in [0.15, 0.2) is 5.82 Å². The van der Waals surface area contributed by atoms with Crippen molar-refractivity contribution in [2.75, 3.05) is 37.0 Å². The number of aliphatic imine (C=N–C) groups is 1. The van der Waals surface area contributed by atoms with Crippen molar-refractivity contribution in [3.8, 4) is 17.1 Å². The molecule has 1 aromatic heterocycles. The fourth-order valence-electron chi connectivity index (χ4n) is 4.69. The van der Waals surface area contributed by atoms with Crippen molar-refractivity contribution >= 4 is 28.5 Å². The molecule has 8 heteroatoms. The molecule has 0 radical (unpaired) electrons. The number of benzene rings is 2. The van der Waals surface area contributed by atoms with Crippen molar-refractivity contribution in [2.24, 2.45) is 21.4 Å². The van der Waals surface area contributed by atoms with Gasteiger partial charge in [-0.2, -0.15) is 9.78 Å². The number of hydrogen-bond donors (Lipinski definition) is 1. The molecule has 1 aliphatic rings. The predicted octanol–water partition coefficient (Wildman–Crippen LogP) is 6.56. The average Bonchev–Trinajstić information content (AvgIpc) is 3.44. The molecule has 0 unspecified atom stereocenters. The summed E-state index contributed by atoms with van der Waals surface area (Å²) in [5, 5.41) is 17.5. The number of rotatable bonds is 9. The van der Waals surface area contributed by atoms with E-state index >= 15 is 0 Å². The standard InChI is InChI=1S/C30H41N7O/c1-10-31-21-12-15-25(38-9)23(17-21)28-33-34-29-26(27(30(6,7)8)35-37(28)29)32-24-14-13-22(16-20(24)5)36(11-2)18-19(3)4/h12-17,19,31H,10-11,18H2,1-9H3. The second kappa shape index (κ2) is 11.0. The summed E-state index contributed by atoms with van der Waals surface area (Å²) in [5.74, 6) is 2.58. The fourth-order valence-corrected chi connectivity index (χ4v) is 4.69. The molecule has 4 rings (SSSR count). The van der Waals surface area contributed by atoms with Gasteiger partial charge in [0.1, 0.15) is 11.5 Å². The maximum atomic E-state index is 5.67. The van der Waals surface area contributed by atoms with Gasteiger partial charge in [0, 0.05) is 36.4 Å². The zero-order valence-electron chi connectivity index (χ0n) is 24.3. The van der Waals surface area contributed by atoms with E-state index in [0.717, 1.165) is 53.6 Å². The molecule has 3 aromatic rings. The number of fused-ring (bicyclic) bond motifs is 1. The van der Waals surface area contributed by atoms with E-state index in [1.165, 1.54) is 5.69 Å². The Bertz CT molecular complexity index is 1360. The Kier molecular flexibility index (Phi) is 7.90. The van der Waals surface area contributed by atoms with E-state index in [2.05, 4.69) is 94.0 Å². The summed E-state index contributed by atoms with van der Waals surface area (Å²) in [4.78, 5) is 7.54. The third-order valence-corrected chi connectivity index (χ3v) is 6.55. The topological polar surface area (TPSA) is 79.9 Å². The first-order valence-corrected chi connectivity index (χ1v) is 13.5. The van der Waals surface area contributed by atoms with Crippen LogP contribution in [0, 0.1) is 18.3 Å². The number of aryl methyl sites for hydroxylation is 1. The molecule has 0 saturated carbocycles. The summed E-state index contributed by atoms with van der Waals surface area (Å²) in [5.41, 5.74) is 6.45. The molecular weight excluding hydrogens is 474 g/mol. The Hall–Kier alpha value is -3.68. The Morgan fingerprint density at radius 3 is 2.39 bits per heavy atom. The first-order valence-electron chi connectivity index (χ1n) is 13.5. The molecule has 0 saturated heterocycles. The maximum Gasteiger partial charge on any atom is 0.205 e. The van der Waals surface area contributed by atoms with E-state index in [4.69, 9.17) is 14.8 Å². The first-order chi connectivity index (χ1) is 18.1. The summed E-state index contributed by atoms with van der Waals surface area (Å²) < 4.78 is 7.47. The zero-order chi connectivity index (χ0) is 27.6. The molecule has 0 spiro atoms. The number of ether oxygens (including phenoxy) is 1. The number of hydrogen-bond acceptors (Lipinski definition) is 7. The van der Waals surface area contributed by atoms with Crippen molar-refractivity contribution in [1.82, 2.24) is 14.9 Å². The summed E-state index contributed by atoms with van der Waals surface area (Å²) in [6.07, 6.45) is 0. The minimum atomic E-state index is -0.239. The molecule has 0 aliphatic carbocycles. The van der Waals surface area contributed by atoms with Crippen LogP contribution in [-0.2, 0) is 0 Å². The van der Waals surface area contributed by atoms with Crippen LogP contribution in [0.15, 0.2) is 46.5 Å². The molecule has 1 aliphatic heterocycles. The summed E-state index contributed by atoms with van der Waals surface area (Å²) in [6.45, 7) is 20.1. The van der Waals surface area contributed by atoms with Crippen molar-refractivity contribution in [2.45, 2.75) is 55.4 Å². The van der Waals surface area contributed by atoms with E-state index in [1.807, 2.05) is 18.2 Å². The van der Waals surface area contributed by atoms with Crippen LogP contribution in [-0.4, -0.2) is 53.0 Å². The van der Waals surface area contributed by atoms with Crippen LogP contribution < -0.4 is 15.0 Å². The predicted molar refractivity (Wildman–Crippen MR) is 159 cm³/mol. The maximum absolute atomic E-state index is 5.67. The lowest BCUT2D eigenvalue weighted by molar-refractivity contribution is 0.416. The van der Waals surface area contributed by atoms with Crippen LogP contribution in [0.25, 0.3) is 11.4 Å². The highest BCUT2D eigenvalue weighted by molar-refractivity contribution is 6.50. The zero-order valence-corrected chi connectivity index (χ0v) is 24.3. The highest BCUT2D eigenvalue weighted by atomic mass is 16.5. The average molecular weight is 516 g/mol. The highest BCUT2D eigenvalue weighted by Gasteiger charge is 2.36. The van der Waals surface area contributed by atoms with Gasteiger partial charge < -0.3 is 15.0 Å². The smallest absolute Gasteiger partial charge is 0.205 e. The quantitative estimate of drug-likeness (QED) is 0.349. The lowest BCUT2D eigenvalue weighted by Gasteiger charge is -2.25. The van der Waals surface area contributed by atoms with Crippen molar-refractivity contribution in [3.05, 3.63) is 47.8 Å². The SMILES string of the molecule is CCNc1ccc(OC)c(-c2nnc3n2N=C(C(C)(C)C)C3=Nc2ccc(N(CC)CC(C)C)cc2C)c1. The Morgan fingerprint density at radius 1 is 1.05 bits per heavy atom.